The van der Waals surface area contributed by atoms with Crippen LogP contribution in [0.5, 0.6) is 5.75 Å². The lowest BCUT2D eigenvalue weighted by Gasteiger charge is -2.10. The third kappa shape index (κ3) is 5.80. The van der Waals surface area contributed by atoms with Crippen molar-refractivity contribution in [3.63, 3.8) is 0 Å². The van der Waals surface area contributed by atoms with Gasteiger partial charge in [-0.2, -0.15) is 0 Å². The molecule has 7 heteroatoms. The van der Waals surface area contributed by atoms with Crippen molar-refractivity contribution in [3.05, 3.63) is 58.9 Å². The van der Waals surface area contributed by atoms with Crippen molar-refractivity contribution >= 4 is 12.3 Å². The number of nitrogens with zero attached hydrogens (tertiary/aromatic N) is 2. The highest BCUT2D eigenvalue weighted by molar-refractivity contribution is 5.80. The maximum absolute atomic E-state index is 11.2. The van der Waals surface area contributed by atoms with E-state index < -0.39 is 6.09 Å². The molecule has 1 amide bonds. The van der Waals surface area contributed by atoms with E-state index in [2.05, 4.69) is 20.2 Å². The number of amides is 1. The standard InChI is InChI=1S/C18H21N3O4/c1-13-5-4-6-16(21-13)12-25-20-10-14-7-8-17(23-2)15(9-14)11-19-18(22)24-3/h4-10H,11-12H2,1-3H3,(H,19,22). The normalized spacial score (nSPS) is 10.5. The van der Waals surface area contributed by atoms with Crippen molar-refractivity contribution in [1.29, 1.82) is 0 Å². The van der Waals surface area contributed by atoms with Gasteiger partial charge in [-0.1, -0.05) is 11.2 Å². The second kappa shape index (κ2) is 9.27. The molecule has 0 radical (unpaired) electrons. The van der Waals surface area contributed by atoms with Gasteiger partial charge in [-0.05, 0) is 42.8 Å². The molecule has 1 N–H and O–H groups in total. The SMILES string of the molecule is COC(=O)NCc1cc(C=NOCc2cccc(C)n2)ccc1OC. The second-order valence-electron chi connectivity index (χ2n) is 5.19. The lowest BCUT2D eigenvalue weighted by Crippen LogP contribution is -2.22. The van der Waals surface area contributed by atoms with E-state index in [0.29, 0.717) is 12.4 Å². The van der Waals surface area contributed by atoms with Gasteiger partial charge in [0.1, 0.15) is 5.75 Å². The third-order valence-corrected chi connectivity index (χ3v) is 3.35. The zero-order valence-electron chi connectivity index (χ0n) is 14.5. The molecule has 0 saturated heterocycles. The summed E-state index contributed by atoms with van der Waals surface area (Å²) in [6, 6.07) is 11.2. The minimum absolute atomic E-state index is 0.283. The lowest BCUT2D eigenvalue weighted by atomic mass is 10.1. The quantitative estimate of drug-likeness (QED) is 0.617. The Kier molecular flexibility index (Phi) is 6.76. The first-order valence-corrected chi connectivity index (χ1v) is 7.69. The Labute approximate surface area is 146 Å². The number of oxime groups is 1. The topological polar surface area (TPSA) is 82.0 Å². The van der Waals surface area contributed by atoms with E-state index >= 15 is 0 Å². The Bertz CT molecular complexity index is 747. The first-order valence-electron chi connectivity index (χ1n) is 7.69. The molecule has 25 heavy (non-hydrogen) atoms. The number of benzene rings is 1. The summed E-state index contributed by atoms with van der Waals surface area (Å²) in [6.45, 7) is 2.50. The minimum atomic E-state index is -0.505. The summed E-state index contributed by atoms with van der Waals surface area (Å²) in [6.07, 6.45) is 1.09. The van der Waals surface area contributed by atoms with E-state index in [1.807, 2.05) is 37.3 Å². The highest BCUT2D eigenvalue weighted by atomic mass is 16.6. The Balaban J connectivity index is 1.97. The number of alkyl carbamates (subject to hydrolysis) is 1. The number of methoxy groups -OCH3 is 2. The van der Waals surface area contributed by atoms with Crippen LogP contribution in [-0.2, 0) is 22.7 Å². The molecule has 0 aliphatic rings. The van der Waals surface area contributed by atoms with Crippen LogP contribution in [-0.4, -0.2) is 31.5 Å². The lowest BCUT2D eigenvalue weighted by molar-refractivity contribution is 0.129. The molecule has 1 aromatic heterocycles. The maximum atomic E-state index is 11.2. The number of aromatic nitrogens is 1. The summed E-state index contributed by atoms with van der Waals surface area (Å²) < 4.78 is 9.85. The van der Waals surface area contributed by atoms with E-state index in [4.69, 9.17) is 9.57 Å². The molecular formula is C18H21N3O4. The van der Waals surface area contributed by atoms with Crippen LogP contribution in [0.1, 0.15) is 22.5 Å². The largest absolute Gasteiger partial charge is 0.496 e. The average Bonchev–Trinajstić information content (AvgIpc) is 2.63. The predicted octanol–water partition coefficient (Wildman–Crippen LogP) is 2.81. The monoisotopic (exact) mass is 343 g/mol. The van der Waals surface area contributed by atoms with E-state index in [9.17, 15) is 4.79 Å². The molecule has 2 aromatic rings. The number of rotatable bonds is 7. The van der Waals surface area contributed by atoms with E-state index in [1.54, 1.807) is 19.4 Å². The molecule has 0 aliphatic heterocycles. The molecule has 0 fully saturated rings. The van der Waals surface area contributed by atoms with Gasteiger partial charge in [0, 0.05) is 17.8 Å². The van der Waals surface area contributed by atoms with Crippen LogP contribution in [0.2, 0.25) is 0 Å². The highest BCUT2D eigenvalue weighted by Crippen LogP contribution is 2.19. The Morgan fingerprint density at radius 1 is 1.28 bits per heavy atom. The van der Waals surface area contributed by atoms with Gasteiger partial charge >= 0.3 is 6.09 Å². The first kappa shape index (κ1) is 18.3. The van der Waals surface area contributed by atoms with Crippen molar-refractivity contribution in [2.75, 3.05) is 14.2 Å². The number of hydrogen-bond acceptors (Lipinski definition) is 6. The van der Waals surface area contributed by atoms with Crippen molar-refractivity contribution in [2.45, 2.75) is 20.1 Å². The molecule has 1 heterocycles. The van der Waals surface area contributed by atoms with Crippen LogP contribution in [0.3, 0.4) is 0 Å². The van der Waals surface area contributed by atoms with E-state index in [0.717, 1.165) is 22.5 Å². The van der Waals surface area contributed by atoms with Gasteiger partial charge in [-0.15, -0.1) is 0 Å². The van der Waals surface area contributed by atoms with Gasteiger partial charge < -0.3 is 19.6 Å². The van der Waals surface area contributed by atoms with E-state index in [1.165, 1.54) is 7.11 Å². The minimum Gasteiger partial charge on any atom is -0.496 e. The molecule has 1 aromatic carbocycles. The van der Waals surface area contributed by atoms with Crippen LogP contribution < -0.4 is 10.1 Å². The number of carbonyl (C=O) groups is 1. The zero-order chi connectivity index (χ0) is 18.1. The molecule has 7 nitrogen and oxygen atoms in total. The van der Waals surface area contributed by atoms with Crippen LogP contribution in [0.25, 0.3) is 0 Å². The Morgan fingerprint density at radius 2 is 2.12 bits per heavy atom. The van der Waals surface area contributed by atoms with E-state index in [-0.39, 0.29) is 6.54 Å². The smallest absolute Gasteiger partial charge is 0.407 e. The first-order chi connectivity index (χ1) is 12.1. The molecule has 0 spiro atoms. The van der Waals surface area contributed by atoms with Crippen molar-refractivity contribution < 1.29 is 19.1 Å². The number of pyridine rings is 1. The fourth-order valence-corrected chi connectivity index (χ4v) is 2.14. The van der Waals surface area contributed by atoms with Gasteiger partial charge in [0.15, 0.2) is 6.61 Å². The molecule has 2 rings (SSSR count). The van der Waals surface area contributed by atoms with Crippen LogP contribution in [0.15, 0.2) is 41.6 Å². The van der Waals surface area contributed by atoms with Crippen LogP contribution in [0, 0.1) is 6.92 Å². The van der Waals surface area contributed by atoms with Crippen LogP contribution >= 0.6 is 0 Å². The molecule has 0 aliphatic carbocycles. The van der Waals surface area contributed by atoms with Gasteiger partial charge in [0.05, 0.1) is 26.1 Å². The summed E-state index contributed by atoms with van der Waals surface area (Å²) in [7, 11) is 2.89. The number of carbonyl (C=O) groups excluding carboxylic acids is 1. The number of ether oxygens (including phenoxy) is 2. The molecule has 0 saturated carbocycles. The predicted molar refractivity (Wildman–Crippen MR) is 93.6 cm³/mol. The molecule has 132 valence electrons. The summed E-state index contributed by atoms with van der Waals surface area (Å²) >= 11 is 0. The Hall–Kier alpha value is -3.09. The number of nitrogens with one attached hydrogen (secondary N) is 1. The Morgan fingerprint density at radius 3 is 2.84 bits per heavy atom. The van der Waals surface area contributed by atoms with Gasteiger partial charge in [0.2, 0.25) is 0 Å². The third-order valence-electron chi connectivity index (χ3n) is 3.35. The summed E-state index contributed by atoms with van der Waals surface area (Å²) in [4.78, 5) is 20.8. The zero-order valence-corrected chi connectivity index (χ0v) is 14.5. The van der Waals surface area contributed by atoms with Crippen molar-refractivity contribution in [3.8, 4) is 5.75 Å². The fourth-order valence-electron chi connectivity index (χ4n) is 2.14. The van der Waals surface area contributed by atoms with Gasteiger partial charge in [0.25, 0.3) is 0 Å². The van der Waals surface area contributed by atoms with Crippen LogP contribution in [0.4, 0.5) is 4.79 Å². The molecule has 0 bridgehead atoms. The fraction of sp³-hybridized carbons (Fsp3) is 0.278. The summed E-state index contributed by atoms with van der Waals surface area (Å²) in [5.74, 6) is 0.665. The average molecular weight is 343 g/mol. The number of aryl methyl sites for hydroxylation is 1. The van der Waals surface area contributed by atoms with Crippen molar-refractivity contribution in [1.82, 2.24) is 10.3 Å². The highest BCUT2D eigenvalue weighted by Gasteiger charge is 2.06. The number of hydrogen-bond donors (Lipinski definition) is 1. The van der Waals surface area contributed by atoms with Gasteiger partial charge in [-0.25, -0.2) is 4.79 Å². The molecule has 0 atom stereocenters. The molecular weight excluding hydrogens is 322 g/mol. The van der Waals surface area contributed by atoms with Gasteiger partial charge in [-0.3, -0.25) is 4.98 Å². The maximum Gasteiger partial charge on any atom is 0.407 e. The summed E-state index contributed by atoms with van der Waals surface area (Å²) in [5.41, 5.74) is 3.37. The second-order valence-corrected chi connectivity index (χ2v) is 5.19. The summed E-state index contributed by atoms with van der Waals surface area (Å²) in [5, 5.41) is 6.58. The van der Waals surface area contributed by atoms with Crippen molar-refractivity contribution in [2.24, 2.45) is 5.16 Å². The molecule has 0 unspecified atom stereocenters.